The number of hydrogen-bond donors (Lipinski definition) is 2. The summed E-state index contributed by atoms with van der Waals surface area (Å²) in [5, 5.41) is 9.20. The highest BCUT2D eigenvalue weighted by molar-refractivity contribution is 5.92. The van der Waals surface area contributed by atoms with Gasteiger partial charge in [0.05, 0.1) is 12.6 Å². The van der Waals surface area contributed by atoms with Gasteiger partial charge in [0.2, 0.25) is 0 Å². The van der Waals surface area contributed by atoms with E-state index in [9.17, 15) is 9.90 Å². The van der Waals surface area contributed by atoms with Gasteiger partial charge in [0.15, 0.2) is 0 Å². The Bertz CT molecular complexity index is 321. The number of amides is 1. The van der Waals surface area contributed by atoms with Crippen molar-refractivity contribution in [3.8, 4) is 0 Å². The molecule has 4 heteroatoms. The second-order valence-electron chi connectivity index (χ2n) is 3.91. The molecule has 0 aliphatic carbocycles. The summed E-state index contributed by atoms with van der Waals surface area (Å²) in [5.74, 6) is -0.00116. The van der Waals surface area contributed by atoms with Crippen molar-refractivity contribution in [3.63, 3.8) is 0 Å². The predicted octanol–water partition coefficient (Wildman–Crippen LogP) is 1.00. The zero-order valence-corrected chi connectivity index (χ0v) is 8.65. The Kier molecular flexibility index (Phi) is 3.06. The van der Waals surface area contributed by atoms with E-state index in [1.807, 2.05) is 6.07 Å². The Morgan fingerprint density at radius 2 is 2.47 bits per heavy atom. The predicted molar refractivity (Wildman–Crippen MR) is 56.6 cm³/mol. The van der Waals surface area contributed by atoms with E-state index in [4.69, 9.17) is 0 Å². The number of H-pyrrole nitrogens is 1. The SMILES string of the molecule is O=C(c1ccc[nH]1)N1CCCCC1CO. The molecule has 0 spiro atoms. The molecule has 2 heterocycles. The van der Waals surface area contributed by atoms with E-state index < -0.39 is 0 Å². The van der Waals surface area contributed by atoms with Crippen LogP contribution in [0.1, 0.15) is 29.8 Å². The van der Waals surface area contributed by atoms with Gasteiger partial charge in [0.25, 0.3) is 5.91 Å². The monoisotopic (exact) mass is 208 g/mol. The fraction of sp³-hybridized carbons (Fsp3) is 0.545. The lowest BCUT2D eigenvalue weighted by atomic mass is 10.0. The molecule has 1 aromatic rings. The highest BCUT2D eigenvalue weighted by Gasteiger charge is 2.26. The summed E-state index contributed by atoms with van der Waals surface area (Å²) in [6.45, 7) is 0.815. The normalized spacial score (nSPS) is 21.7. The van der Waals surface area contributed by atoms with Gasteiger partial charge in [-0.25, -0.2) is 0 Å². The van der Waals surface area contributed by atoms with Crippen molar-refractivity contribution >= 4 is 5.91 Å². The Morgan fingerprint density at radius 3 is 3.13 bits per heavy atom. The van der Waals surface area contributed by atoms with Gasteiger partial charge in [-0.2, -0.15) is 0 Å². The molecule has 0 aromatic carbocycles. The van der Waals surface area contributed by atoms with Gasteiger partial charge in [-0.05, 0) is 31.4 Å². The molecule has 0 saturated carbocycles. The average Bonchev–Trinajstić information content (AvgIpc) is 2.81. The number of aromatic amines is 1. The van der Waals surface area contributed by atoms with E-state index in [2.05, 4.69) is 4.98 Å². The maximum absolute atomic E-state index is 12.0. The number of aliphatic hydroxyl groups is 1. The van der Waals surface area contributed by atoms with Gasteiger partial charge in [-0.15, -0.1) is 0 Å². The number of carbonyl (C=O) groups excluding carboxylic acids is 1. The molecule has 0 radical (unpaired) electrons. The lowest BCUT2D eigenvalue weighted by Gasteiger charge is -2.34. The number of likely N-dealkylation sites (tertiary alicyclic amines) is 1. The van der Waals surface area contributed by atoms with Gasteiger partial charge in [-0.3, -0.25) is 4.79 Å². The maximum atomic E-state index is 12.0. The average molecular weight is 208 g/mol. The van der Waals surface area contributed by atoms with Gasteiger partial charge < -0.3 is 15.0 Å². The zero-order chi connectivity index (χ0) is 10.7. The number of piperidine rings is 1. The van der Waals surface area contributed by atoms with E-state index >= 15 is 0 Å². The summed E-state index contributed by atoms with van der Waals surface area (Å²) in [4.78, 5) is 16.7. The summed E-state index contributed by atoms with van der Waals surface area (Å²) in [6.07, 6.45) is 4.77. The molecule has 1 aliphatic rings. The van der Waals surface area contributed by atoms with Crippen molar-refractivity contribution < 1.29 is 9.90 Å². The van der Waals surface area contributed by atoms with Gasteiger partial charge >= 0.3 is 0 Å². The van der Waals surface area contributed by atoms with Crippen LogP contribution >= 0.6 is 0 Å². The molecule has 1 aromatic heterocycles. The van der Waals surface area contributed by atoms with Crippen LogP contribution in [0.4, 0.5) is 0 Å². The molecule has 15 heavy (non-hydrogen) atoms. The summed E-state index contributed by atoms with van der Waals surface area (Å²) in [6, 6.07) is 3.57. The first-order valence-electron chi connectivity index (χ1n) is 5.38. The van der Waals surface area contributed by atoms with Crippen LogP contribution in [0, 0.1) is 0 Å². The molecule has 2 N–H and O–H groups in total. The number of nitrogens with zero attached hydrogens (tertiary/aromatic N) is 1. The minimum atomic E-state index is -0.00505. The van der Waals surface area contributed by atoms with Crippen LogP contribution in [0.15, 0.2) is 18.3 Å². The van der Waals surface area contributed by atoms with E-state index in [1.165, 1.54) is 0 Å². The molecule has 1 aliphatic heterocycles. The summed E-state index contributed by atoms with van der Waals surface area (Å²) in [7, 11) is 0. The van der Waals surface area contributed by atoms with Crippen molar-refractivity contribution in [1.29, 1.82) is 0 Å². The van der Waals surface area contributed by atoms with Crippen LogP contribution in [-0.2, 0) is 0 Å². The van der Waals surface area contributed by atoms with Crippen molar-refractivity contribution in [2.75, 3.05) is 13.2 Å². The molecular weight excluding hydrogens is 192 g/mol. The van der Waals surface area contributed by atoms with Crippen LogP contribution in [0.2, 0.25) is 0 Å². The van der Waals surface area contributed by atoms with E-state index in [1.54, 1.807) is 17.2 Å². The third kappa shape index (κ3) is 2.04. The smallest absolute Gasteiger partial charge is 0.270 e. The molecule has 2 rings (SSSR count). The largest absolute Gasteiger partial charge is 0.394 e. The Hall–Kier alpha value is -1.29. The third-order valence-corrected chi connectivity index (χ3v) is 2.93. The first-order chi connectivity index (χ1) is 7.33. The molecule has 4 nitrogen and oxygen atoms in total. The topological polar surface area (TPSA) is 56.3 Å². The van der Waals surface area contributed by atoms with Gasteiger partial charge in [0, 0.05) is 12.7 Å². The Morgan fingerprint density at radius 1 is 1.60 bits per heavy atom. The quantitative estimate of drug-likeness (QED) is 0.761. The molecule has 1 saturated heterocycles. The molecule has 1 fully saturated rings. The van der Waals surface area contributed by atoms with Gasteiger partial charge in [-0.1, -0.05) is 0 Å². The minimum absolute atomic E-state index is 0.00116. The molecule has 1 atom stereocenters. The highest BCUT2D eigenvalue weighted by Crippen LogP contribution is 2.18. The second-order valence-corrected chi connectivity index (χ2v) is 3.91. The van der Waals surface area contributed by atoms with Crippen LogP contribution in [0.25, 0.3) is 0 Å². The van der Waals surface area contributed by atoms with Crippen molar-refractivity contribution in [2.24, 2.45) is 0 Å². The fourth-order valence-electron chi connectivity index (χ4n) is 2.08. The Labute approximate surface area is 88.9 Å². The van der Waals surface area contributed by atoms with Crippen molar-refractivity contribution in [3.05, 3.63) is 24.0 Å². The molecule has 0 bridgehead atoms. The number of nitrogens with one attached hydrogen (secondary N) is 1. The summed E-state index contributed by atoms with van der Waals surface area (Å²) < 4.78 is 0. The molecule has 82 valence electrons. The van der Waals surface area contributed by atoms with E-state index in [0.717, 1.165) is 25.8 Å². The Balaban J connectivity index is 2.11. The number of rotatable bonds is 2. The molecular formula is C11H16N2O2. The van der Waals surface area contributed by atoms with Crippen molar-refractivity contribution in [2.45, 2.75) is 25.3 Å². The minimum Gasteiger partial charge on any atom is -0.394 e. The highest BCUT2D eigenvalue weighted by atomic mass is 16.3. The number of carbonyl (C=O) groups is 1. The lowest BCUT2D eigenvalue weighted by Crippen LogP contribution is -2.45. The fourth-order valence-corrected chi connectivity index (χ4v) is 2.08. The van der Waals surface area contributed by atoms with E-state index in [0.29, 0.717) is 5.69 Å². The second kappa shape index (κ2) is 4.49. The van der Waals surface area contributed by atoms with Crippen LogP contribution in [0.5, 0.6) is 0 Å². The number of aromatic nitrogens is 1. The zero-order valence-electron chi connectivity index (χ0n) is 8.65. The standard InChI is InChI=1S/C11H16N2O2/c14-8-9-4-1-2-7-13(9)11(15)10-5-3-6-12-10/h3,5-6,9,12,14H,1-2,4,7-8H2. The van der Waals surface area contributed by atoms with Crippen LogP contribution in [-0.4, -0.2) is 40.1 Å². The van der Waals surface area contributed by atoms with Crippen LogP contribution in [0.3, 0.4) is 0 Å². The van der Waals surface area contributed by atoms with Crippen LogP contribution < -0.4 is 0 Å². The first kappa shape index (κ1) is 10.2. The number of aliphatic hydroxyl groups excluding tert-OH is 1. The first-order valence-corrected chi connectivity index (χ1v) is 5.38. The number of hydrogen-bond acceptors (Lipinski definition) is 2. The summed E-state index contributed by atoms with van der Waals surface area (Å²) >= 11 is 0. The maximum Gasteiger partial charge on any atom is 0.270 e. The van der Waals surface area contributed by atoms with Crippen molar-refractivity contribution in [1.82, 2.24) is 9.88 Å². The lowest BCUT2D eigenvalue weighted by molar-refractivity contribution is 0.0498. The molecule has 1 unspecified atom stereocenters. The van der Waals surface area contributed by atoms with E-state index in [-0.39, 0.29) is 18.6 Å². The molecule has 1 amide bonds. The third-order valence-electron chi connectivity index (χ3n) is 2.93. The summed E-state index contributed by atoms with van der Waals surface area (Å²) in [5.41, 5.74) is 0.607. The van der Waals surface area contributed by atoms with Gasteiger partial charge in [0.1, 0.15) is 5.69 Å².